The molecule has 3 heteroatoms. The lowest BCUT2D eigenvalue weighted by molar-refractivity contribution is 0.424. The first-order chi connectivity index (χ1) is 8.78. The van der Waals surface area contributed by atoms with Gasteiger partial charge in [-0.05, 0) is 56.0 Å². The average molecular weight is 307 g/mol. The zero-order valence-electron chi connectivity index (χ0n) is 10.7. The largest absolute Gasteiger partial charge is 0.361 e. The predicted octanol–water partition coefficient (Wildman–Crippen LogP) is 3.86. The van der Waals surface area contributed by atoms with Gasteiger partial charge in [-0.2, -0.15) is 0 Å². The topological polar surface area (TPSA) is 27.8 Å². The predicted molar refractivity (Wildman–Crippen MR) is 79.9 cm³/mol. The molecule has 18 heavy (non-hydrogen) atoms. The van der Waals surface area contributed by atoms with Crippen molar-refractivity contribution >= 4 is 26.8 Å². The van der Waals surface area contributed by atoms with E-state index in [1.54, 1.807) is 0 Å². The van der Waals surface area contributed by atoms with Crippen LogP contribution < -0.4 is 5.32 Å². The van der Waals surface area contributed by atoms with Crippen molar-refractivity contribution in [1.82, 2.24) is 10.3 Å². The molecule has 0 radical (unpaired) electrons. The van der Waals surface area contributed by atoms with Crippen LogP contribution in [0.3, 0.4) is 0 Å². The van der Waals surface area contributed by atoms with E-state index >= 15 is 0 Å². The number of rotatable bonds is 3. The van der Waals surface area contributed by atoms with Crippen LogP contribution in [0.1, 0.15) is 24.8 Å². The Morgan fingerprint density at radius 2 is 2.28 bits per heavy atom. The molecule has 2 unspecified atom stereocenters. The molecule has 0 saturated heterocycles. The van der Waals surface area contributed by atoms with Crippen LogP contribution >= 0.6 is 15.9 Å². The fourth-order valence-corrected chi connectivity index (χ4v) is 3.62. The molecule has 1 heterocycles. The number of aromatic amines is 1. The third kappa shape index (κ3) is 2.21. The van der Waals surface area contributed by atoms with E-state index in [1.165, 1.54) is 42.1 Å². The van der Waals surface area contributed by atoms with Gasteiger partial charge >= 0.3 is 0 Å². The van der Waals surface area contributed by atoms with Gasteiger partial charge in [0, 0.05) is 27.6 Å². The third-order valence-corrected chi connectivity index (χ3v) is 4.73. The lowest BCUT2D eigenvalue weighted by atomic mass is 9.94. The Labute approximate surface area is 116 Å². The van der Waals surface area contributed by atoms with Crippen LogP contribution in [-0.2, 0) is 6.42 Å². The molecule has 1 fully saturated rings. The van der Waals surface area contributed by atoms with Crippen molar-refractivity contribution in [3.05, 3.63) is 34.4 Å². The molecule has 2 nitrogen and oxygen atoms in total. The number of hydrogen-bond acceptors (Lipinski definition) is 1. The van der Waals surface area contributed by atoms with Gasteiger partial charge in [-0.15, -0.1) is 0 Å². The number of hydrogen-bond donors (Lipinski definition) is 2. The molecule has 0 bridgehead atoms. The number of benzene rings is 1. The number of nitrogens with one attached hydrogen (secondary N) is 2. The summed E-state index contributed by atoms with van der Waals surface area (Å²) in [6.45, 7) is 0. The maximum absolute atomic E-state index is 3.56. The molecule has 2 aromatic rings. The summed E-state index contributed by atoms with van der Waals surface area (Å²) in [7, 11) is 2.09. The van der Waals surface area contributed by atoms with Gasteiger partial charge in [0.2, 0.25) is 0 Å². The summed E-state index contributed by atoms with van der Waals surface area (Å²) in [5, 5.41) is 4.83. The van der Waals surface area contributed by atoms with Gasteiger partial charge in [0.05, 0.1) is 0 Å². The lowest BCUT2D eigenvalue weighted by Gasteiger charge is -2.18. The summed E-state index contributed by atoms with van der Waals surface area (Å²) < 4.78 is 1.16. The molecule has 0 amide bonds. The molecule has 96 valence electrons. The van der Waals surface area contributed by atoms with Gasteiger partial charge in [0.1, 0.15) is 0 Å². The molecule has 1 aliphatic carbocycles. The Morgan fingerprint density at radius 1 is 1.39 bits per heavy atom. The van der Waals surface area contributed by atoms with Gasteiger partial charge in [0.15, 0.2) is 0 Å². The average Bonchev–Trinajstić information content (AvgIpc) is 2.97. The second-order valence-corrected chi connectivity index (χ2v) is 6.21. The van der Waals surface area contributed by atoms with Gasteiger partial charge < -0.3 is 10.3 Å². The Morgan fingerprint density at radius 3 is 3.11 bits per heavy atom. The van der Waals surface area contributed by atoms with Crippen LogP contribution in [-0.4, -0.2) is 18.1 Å². The summed E-state index contributed by atoms with van der Waals surface area (Å²) in [5.41, 5.74) is 2.70. The first kappa shape index (κ1) is 12.2. The van der Waals surface area contributed by atoms with Crippen LogP contribution in [0.4, 0.5) is 0 Å². The maximum Gasteiger partial charge on any atom is 0.0457 e. The highest BCUT2D eigenvalue weighted by Gasteiger charge is 2.26. The zero-order valence-corrected chi connectivity index (χ0v) is 12.3. The van der Waals surface area contributed by atoms with Gasteiger partial charge in [-0.25, -0.2) is 0 Å². The molecule has 3 rings (SSSR count). The molecule has 1 aliphatic rings. The fraction of sp³-hybridized carbons (Fsp3) is 0.467. The third-order valence-electron chi connectivity index (χ3n) is 4.24. The van der Waals surface area contributed by atoms with Gasteiger partial charge in [-0.3, -0.25) is 0 Å². The Bertz CT molecular complexity index is 546. The van der Waals surface area contributed by atoms with Crippen LogP contribution in [0.15, 0.2) is 28.9 Å². The van der Waals surface area contributed by atoms with E-state index in [-0.39, 0.29) is 0 Å². The summed E-state index contributed by atoms with van der Waals surface area (Å²) in [6.07, 6.45) is 7.41. The maximum atomic E-state index is 3.56. The first-order valence-electron chi connectivity index (χ1n) is 6.70. The van der Waals surface area contributed by atoms with Crippen LogP contribution in [0, 0.1) is 5.92 Å². The molecule has 1 saturated carbocycles. The highest BCUT2D eigenvalue weighted by molar-refractivity contribution is 9.10. The standard InChI is InChI=1S/C15H19BrN2/c1-17-14-4-2-3-10(14)7-11-9-18-15-6-5-12(16)8-13(11)15/h5-6,8-10,14,17-18H,2-4,7H2,1H3. The van der Waals surface area contributed by atoms with Crippen molar-refractivity contribution in [1.29, 1.82) is 0 Å². The van der Waals surface area contributed by atoms with Gasteiger partial charge in [0.25, 0.3) is 0 Å². The molecule has 1 aromatic heterocycles. The van der Waals surface area contributed by atoms with E-state index in [1.807, 2.05) is 0 Å². The minimum Gasteiger partial charge on any atom is -0.361 e. The normalized spacial score (nSPS) is 23.9. The number of halogens is 1. The van der Waals surface area contributed by atoms with Crippen molar-refractivity contribution in [3.63, 3.8) is 0 Å². The number of H-pyrrole nitrogens is 1. The summed E-state index contributed by atoms with van der Waals surface area (Å²) >= 11 is 3.56. The molecular weight excluding hydrogens is 288 g/mol. The number of fused-ring (bicyclic) bond motifs is 1. The molecule has 1 aromatic carbocycles. The van der Waals surface area contributed by atoms with Crippen molar-refractivity contribution < 1.29 is 0 Å². The highest BCUT2D eigenvalue weighted by atomic mass is 79.9. The van der Waals surface area contributed by atoms with Crippen molar-refractivity contribution in [3.8, 4) is 0 Å². The van der Waals surface area contributed by atoms with E-state index in [4.69, 9.17) is 0 Å². The van der Waals surface area contributed by atoms with Crippen LogP contribution in [0.5, 0.6) is 0 Å². The monoisotopic (exact) mass is 306 g/mol. The smallest absolute Gasteiger partial charge is 0.0457 e. The summed E-state index contributed by atoms with van der Waals surface area (Å²) in [5.74, 6) is 0.785. The Hall–Kier alpha value is -0.800. The Balaban J connectivity index is 1.88. The zero-order chi connectivity index (χ0) is 12.5. The molecule has 2 N–H and O–H groups in total. The molecule has 0 spiro atoms. The van der Waals surface area contributed by atoms with E-state index in [0.717, 1.165) is 10.4 Å². The van der Waals surface area contributed by atoms with E-state index in [2.05, 4.69) is 57.7 Å². The quantitative estimate of drug-likeness (QED) is 0.885. The van der Waals surface area contributed by atoms with Gasteiger partial charge in [-0.1, -0.05) is 22.4 Å². The first-order valence-corrected chi connectivity index (χ1v) is 7.50. The minimum absolute atomic E-state index is 0.696. The van der Waals surface area contributed by atoms with E-state index in [9.17, 15) is 0 Å². The summed E-state index contributed by atoms with van der Waals surface area (Å²) in [6, 6.07) is 7.16. The molecule has 0 aliphatic heterocycles. The lowest BCUT2D eigenvalue weighted by Crippen LogP contribution is -2.29. The minimum atomic E-state index is 0.696. The van der Waals surface area contributed by atoms with E-state index in [0.29, 0.717) is 6.04 Å². The van der Waals surface area contributed by atoms with E-state index < -0.39 is 0 Å². The highest BCUT2D eigenvalue weighted by Crippen LogP contribution is 2.31. The van der Waals surface area contributed by atoms with Crippen molar-refractivity contribution in [2.24, 2.45) is 5.92 Å². The van der Waals surface area contributed by atoms with Crippen molar-refractivity contribution in [2.75, 3.05) is 7.05 Å². The van der Waals surface area contributed by atoms with Crippen molar-refractivity contribution in [2.45, 2.75) is 31.7 Å². The second kappa shape index (κ2) is 5.06. The SMILES string of the molecule is CNC1CCCC1Cc1c[nH]c2ccc(Br)cc12. The van der Waals surface area contributed by atoms with Crippen LogP contribution in [0.2, 0.25) is 0 Å². The number of aromatic nitrogens is 1. The fourth-order valence-electron chi connectivity index (χ4n) is 3.26. The molecular formula is C15H19BrN2. The Kier molecular flexibility index (Phi) is 3.44. The van der Waals surface area contributed by atoms with Crippen LogP contribution in [0.25, 0.3) is 10.9 Å². The second-order valence-electron chi connectivity index (χ2n) is 5.29. The molecule has 2 atom stereocenters. The summed E-state index contributed by atoms with van der Waals surface area (Å²) in [4.78, 5) is 3.38.